The van der Waals surface area contributed by atoms with Crippen molar-refractivity contribution in [3.05, 3.63) is 69.2 Å². The molecular weight excluding hydrogens is 292 g/mol. The Bertz CT molecular complexity index is 532. The molecule has 0 amide bonds. The van der Waals surface area contributed by atoms with Crippen molar-refractivity contribution in [2.45, 2.75) is 13.3 Å². The molecule has 0 N–H and O–H groups in total. The maximum Gasteiger partial charge on any atom is 0.0259 e. The molecule has 0 nitrogen and oxygen atoms in total. The van der Waals surface area contributed by atoms with Crippen LogP contribution in [0.25, 0.3) is 0 Å². The molecule has 0 heterocycles. The fraction of sp³-hybridized carbons (Fsp3) is 0.133. The molecule has 0 aliphatic heterocycles. The summed E-state index contributed by atoms with van der Waals surface area (Å²) in [6.07, 6.45) is 0.961. The highest BCUT2D eigenvalue weighted by molar-refractivity contribution is 9.10. The highest BCUT2D eigenvalue weighted by Gasteiger charge is 2.04. The van der Waals surface area contributed by atoms with E-state index in [1.165, 1.54) is 16.7 Å². The maximum absolute atomic E-state index is 4.98. The lowest BCUT2D eigenvalue weighted by Crippen LogP contribution is -1.94. The Kier molecular flexibility index (Phi) is 4.08. The van der Waals surface area contributed by atoms with Crippen LogP contribution in [0.3, 0.4) is 0 Å². The summed E-state index contributed by atoms with van der Waals surface area (Å²) in [4.78, 5) is 0. The van der Waals surface area contributed by atoms with Gasteiger partial charge in [-0.1, -0.05) is 58.5 Å². The fourth-order valence-corrected chi connectivity index (χ4v) is 2.69. The van der Waals surface area contributed by atoms with Gasteiger partial charge in [0.1, 0.15) is 0 Å². The highest BCUT2D eigenvalue weighted by atomic mass is 79.9. The van der Waals surface area contributed by atoms with Gasteiger partial charge in [0.15, 0.2) is 0 Å². The van der Waals surface area contributed by atoms with E-state index in [9.17, 15) is 0 Å². The first kappa shape index (κ1) is 12.5. The average molecular weight is 305 g/mol. The van der Waals surface area contributed by atoms with Gasteiger partial charge in [0, 0.05) is 9.84 Å². The summed E-state index contributed by atoms with van der Waals surface area (Å²) in [5.74, 6) is 0. The summed E-state index contributed by atoms with van der Waals surface area (Å²) in [5, 5.41) is 1.71. The third-order valence-corrected chi connectivity index (χ3v) is 3.76. The van der Waals surface area contributed by atoms with Crippen molar-refractivity contribution >= 4 is 33.5 Å². The van der Waals surface area contributed by atoms with Crippen LogP contribution in [-0.4, -0.2) is 5.37 Å². The number of benzene rings is 2. The minimum Gasteiger partial charge on any atom is -0.0880 e. The molecule has 0 saturated carbocycles. The molecule has 2 aromatic rings. The molecule has 0 aromatic heterocycles. The van der Waals surface area contributed by atoms with Crippen molar-refractivity contribution < 1.29 is 0 Å². The van der Waals surface area contributed by atoms with E-state index >= 15 is 0 Å². The topological polar surface area (TPSA) is 0 Å². The van der Waals surface area contributed by atoms with Gasteiger partial charge in [-0.25, -0.2) is 0 Å². The Morgan fingerprint density at radius 2 is 1.88 bits per heavy atom. The molecule has 2 aromatic carbocycles. The van der Waals surface area contributed by atoms with Crippen LogP contribution in [0.2, 0.25) is 0 Å². The van der Waals surface area contributed by atoms with Gasteiger partial charge in [-0.05, 0) is 47.7 Å². The number of thiocarbonyl (C=S) groups is 1. The van der Waals surface area contributed by atoms with Crippen molar-refractivity contribution in [2.24, 2.45) is 0 Å². The molecule has 0 saturated heterocycles. The van der Waals surface area contributed by atoms with Gasteiger partial charge in [-0.15, -0.1) is 0 Å². The fourth-order valence-electron chi connectivity index (χ4n) is 1.84. The van der Waals surface area contributed by atoms with Gasteiger partial charge in [-0.3, -0.25) is 0 Å². The van der Waals surface area contributed by atoms with Gasteiger partial charge in [-0.2, -0.15) is 0 Å². The monoisotopic (exact) mass is 304 g/mol. The van der Waals surface area contributed by atoms with Crippen molar-refractivity contribution in [3.8, 4) is 0 Å². The van der Waals surface area contributed by atoms with Gasteiger partial charge >= 0.3 is 0 Å². The first-order valence-electron chi connectivity index (χ1n) is 5.49. The summed E-state index contributed by atoms with van der Waals surface area (Å²) >= 11 is 8.54. The van der Waals surface area contributed by atoms with E-state index in [-0.39, 0.29) is 0 Å². The zero-order chi connectivity index (χ0) is 12.3. The normalized spacial score (nSPS) is 10.2. The molecule has 17 heavy (non-hydrogen) atoms. The van der Waals surface area contributed by atoms with E-state index in [1.807, 2.05) is 6.07 Å². The quantitative estimate of drug-likeness (QED) is 0.741. The van der Waals surface area contributed by atoms with Crippen LogP contribution in [0.15, 0.2) is 46.9 Å². The van der Waals surface area contributed by atoms with Gasteiger partial charge in [0.2, 0.25) is 0 Å². The minimum atomic E-state index is 0.961. The second-order valence-electron chi connectivity index (χ2n) is 4.08. The van der Waals surface area contributed by atoms with Crippen LogP contribution < -0.4 is 0 Å². The molecule has 0 unspecified atom stereocenters. The smallest absolute Gasteiger partial charge is 0.0259 e. The highest BCUT2D eigenvalue weighted by Crippen LogP contribution is 2.23. The zero-order valence-corrected chi connectivity index (χ0v) is 12.0. The molecule has 0 bridgehead atoms. The van der Waals surface area contributed by atoms with Crippen LogP contribution in [0.5, 0.6) is 0 Å². The molecule has 2 rings (SSSR count). The number of hydrogen-bond donors (Lipinski definition) is 0. The van der Waals surface area contributed by atoms with Gasteiger partial charge in [0.25, 0.3) is 0 Å². The summed E-state index contributed by atoms with van der Waals surface area (Å²) in [5.41, 5.74) is 5.03. The molecular formula is C15H13BrS. The molecule has 0 atom stereocenters. The second-order valence-corrected chi connectivity index (χ2v) is 5.17. The molecule has 0 aliphatic carbocycles. The SMILES string of the molecule is Cc1cc(C=S)c(Br)cc1Cc1ccccc1. The lowest BCUT2D eigenvalue weighted by Gasteiger charge is -2.09. The summed E-state index contributed by atoms with van der Waals surface area (Å²) in [6.45, 7) is 2.13. The van der Waals surface area contributed by atoms with Crippen molar-refractivity contribution in [1.29, 1.82) is 0 Å². The third kappa shape index (κ3) is 3.02. The Labute approximate surface area is 116 Å². The van der Waals surface area contributed by atoms with Crippen LogP contribution in [0, 0.1) is 6.92 Å². The predicted octanol–water partition coefficient (Wildman–Crippen LogP) is 4.70. The van der Waals surface area contributed by atoms with Crippen LogP contribution in [0.4, 0.5) is 0 Å². The molecule has 0 spiro atoms. The van der Waals surface area contributed by atoms with Crippen LogP contribution in [0.1, 0.15) is 22.3 Å². The third-order valence-electron chi connectivity index (χ3n) is 2.82. The van der Waals surface area contributed by atoms with E-state index in [0.717, 1.165) is 16.5 Å². The van der Waals surface area contributed by atoms with E-state index in [4.69, 9.17) is 12.2 Å². The molecule has 0 aliphatic rings. The van der Waals surface area contributed by atoms with Crippen LogP contribution >= 0.6 is 28.1 Å². The van der Waals surface area contributed by atoms with E-state index in [1.54, 1.807) is 5.37 Å². The van der Waals surface area contributed by atoms with Gasteiger partial charge in [0.05, 0.1) is 0 Å². The Balaban J connectivity index is 2.34. The second kappa shape index (κ2) is 5.56. The number of hydrogen-bond acceptors (Lipinski definition) is 1. The maximum atomic E-state index is 4.98. The summed E-state index contributed by atoms with van der Waals surface area (Å²) < 4.78 is 1.07. The summed E-state index contributed by atoms with van der Waals surface area (Å²) in [6, 6.07) is 14.8. The van der Waals surface area contributed by atoms with E-state index in [2.05, 4.69) is 59.3 Å². The van der Waals surface area contributed by atoms with Crippen LogP contribution in [-0.2, 0) is 6.42 Å². The predicted molar refractivity (Wildman–Crippen MR) is 80.9 cm³/mol. The number of halogens is 1. The lowest BCUT2D eigenvalue weighted by atomic mass is 9.99. The Morgan fingerprint density at radius 1 is 1.18 bits per heavy atom. The van der Waals surface area contributed by atoms with Gasteiger partial charge < -0.3 is 0 Å². The Morgan fingerprint density at radius 3 is 2.53 bits per heavy atom. The first-order chi connectivity index (χ1) is 8.20. The number of rotatable bonds is 3. The molecule has 86 valence electrons. The summed E-state index contributed by atoms with van der Waals surface area (Å²) in [7, 11) is 0. The average Bonchev–Trinajstić information content (AvgIpc) is 2.34. The van der Waals surface area contributed by atoms with E-state index < -0.39 is 0 Å². The van der Waals surface area contributed by atoms with Crippen molar-refractivity contribution in [3.63, 3.8) is 0 Å². The van der Waals surface area contributed by atoms with E-state index in [0.29, 0.717) is 0 Å². The standard InChI is InChI=1S/C15H13BrS/c1-11-7-14(10-17)15(16)9-13(11)8-12-5-3-2-4-6-12/h2-7,9-10H,8H2,1H3. The first-order valence-corrected chi connectivity index (χ1v) is 6.75. The van der Waals surface area contributed by atoms with Crippen molar-refractivity contribution in [2.75, 3.05) is 0 Å². The molecule has 2 heteroatoms. The minimum absolute atomic E-state index is 0.961. The number of aryl methyl sites for hydroxylation is 1. The molecule has 0 fully saturated rings. The molecule has 0 radical (unpaired) electrons. The van der Waals surface area contributed by atoms with Crippen molar-refractivity contribution in [1.82, 2.24) is 0 Å². The Hall–Kier alpha value is -0.990. The zero-order valence-electron chi connectivity index (χ0n) is 9.61. The largest absolute Gasteiger partial charge is 0.0880 e. The lowest BCUT2D eigenvalue weighted by molar-refractivity contribution is 1.15.